The summed E-state index contributed by atoms with van der Waals surface area (Å²) in [5.41, 5.74) is 1.00. The maximum absolute atomic E-state index is 5.58. The Morgan fingerprint density at radius 1 is 1.43 bits per heavy atom. The third-order valence-electron chi connectivity index (χ3n) is 3.90. The van der Waals surface area contributed by atoms with Gasteiger partial charge in [0.1, 0.15) is 5.76 Å². The van der Waals surface area contributed by atoms with Gasteiger partial charge in [-0.25, -0.2) is 9.97 Å². The summed E-state index contributed by atoms with van der Waals surface area (Å²) in [6.07, 6.45) is 2.94. The van der Waals surface area contributed by atoms with E-state index in [0.29, 0.717) is 6.04 Å². The molecule has 2 aromatic heterocycles. The lowest BCUT2D eigenvalue weighted by Gasteiger charge is -2.24. The van der Waals surface area contributed by atoms with Crippen LogP contribution in [-0.2, 0) is 6.54 Å². The van der Waals surface area contributed by atoms with Crippen molar-refractivity contribution < 1.29 is 4.42 Å². The SMILES string of the molecule is Cc1ccnc(N(C)C2CCN(Cc3ccc(Br)o3)C2)n1. The molecule has 1 aliphatic heterocycles. The predicted molar refractivity (Wildman–Crippen MR) is 85.3 cm³/mol. The molecule has 0 amide bonds. The smallest absolute Gasteiger partial charge is 0.225 e. The van der Waals surface area contributed by atoms with Crippen LogP contribution in [-0.4, -0.2) is 41.0 Å². The van der Waals surface area contributed by atoms with Gasteiger partial charge in [0.15, 0.2) is 4.67 Å². The average Bonchev–Trinajstić information content (AvgIpc) is 3.08. The minimum atomic E-state index is 0.449. The number of hydrogen-bond acceptors (Lipinski definition) is 5. The third-order valence-corrected chi connectivity index (χ3v) is 4.33. The first-order valence-corrected chi connectivity index (χ1v) is 7.90. The van der Waals surface area contributed by atoms with Gasteiger partial charge in [0.05, 0.1) is 6.54 Å². The molecular formula is C15H19BrN4O. The number of aryl methyl sites for hydroxylation is 1. The van der Waals surface area contributed by atoms with Gasteiger partial charge in [0, 0.05) is 38.1 Å². The number of hydrogen-bond donors (Lipinski definition) is 0. The summed E-state index contributed by atoms with van der Waals surface area (Å²) >= 11 is 3.34. The Morgan fingerprint density at radius 3 is 3.00 bits per heavy atom. The Bertz CT molecular complexity index is 615. The molecule has 1 aliphatic rings. The van der Waals surface area contributed by atoms with E-state index in [0.717, 1.165) is 48.1 Å². The van der Waals surface area contributed by atoms with Crippen LogP contribution in [0.1, 0.15) is 17.9 Å². The van der Waals surface area contributed by atoms with E-state index >= 15 is 0 Å². The molecule has 0 radical (unpaired) electrons. The molecule has 0 aromatic carbocycles. The van der Waals surface area contributed by atoms with Crippen LogP contribution in [0.4, 0.5) is 5.95 Å². The molecule has 0 aliphatic carbocycles. The van der Waals surface area contributed by atoms with Gasteiger partial charge >= 0.3 is 0 Å². The summed E-state index contributed by atoms with van der Waals surface area (Å²) in [5, 5.41) is 0. The van der Waals surface area contributed by atoms with Crippen molar-refractivity contribution in [3.05, 3.63) is 40.5 Å². The maximum atomic E-state index is 5.58. The van der Waals surface area contributed by atoms with Gasteiger partial charge in [0.2, 0.25) is 5.95 Å². The highest BCUT2D eigenvalue weighted by Crippen LogP contribution is 2.22. The van der Waals surface area contributed by atoms with Crippen molar-refractivity contribution >= 4 is 21.9 Å². The third kappa shape index (κ3) is 3.44. The quantitative estimate of drug-likeness (QED) is 0.848. The maximum Gasteiger partial charge on any atom is 0.225 e. The second-order valence-electron chi connectivity index (χ2n) is 5.49. The number of furan rings is 1. The summed E-state index contributed by atoms with van der Waals surface area (Å²) in [7, 11) is 2.08. The van der Waals surface area contributed by atoms with Crippen molar-refractivity contribution in [1.29, 1.82) is 0 Å². The normalized spacial score (nSPS) is 19.1. The van der Waals surface area contributed by atoms with Crippen LogP contribution < -0.4 is 4.90 Å². The molecule has 112 valence electrons. The topological polar surface area (TPSA) is 45.4 Å². The fourth-order valence-corrected chi connectivity index (χ4v) is 3.04. The zero-order valence-corrected chi connectivity index (χ0v) is 13.9. The molecule has 1 atom stereocenters. The number of rotatable bonds is 4. The molecule has 0 saturated carbocycles. The van der Waals surface area contributed by atoms with Gasteiger partial charge in [-0.1, -0.05) is 0 Å². The number of anilines is 1. The number of nitrogens with zero attached hydrogens (tertiary/aromatic N) is 4. The number of likely N-dealkylation sites (tertiary alicyclic amines) is 1. The Kier molecular flexibility index (Phi) is 4.26. The minimum absolute atomic E-state index is 0.449. The Morgan fingerprint density at radius 2 is 2.29 bits per heavy atom. The summed E-state index contributed by atoms with van der Waals surface area (Å²) in [4.78, 5) is 13.5. The molecule has 3 rings (SSSR count). The molecule has 0 bridgehead atoms. The van der Waals surface area contributed by atoms with E-state index in [4.69, 9.17) is 4.42 Å². The van der Waals surface area contributed by atoms with Gasteiger partial charge < -0.3 is 9.32 Å². The first-order valence-electron chi connectivity index (χ1n) is 7.11. The number of aromatic nitrogens is 2. The van der Waals surface area contributed by atoms with E-state index in [9.17, 15) is 0 Å². The summed E-state index contributed by atoms with van der Waals surface area (Å²) < 4.78 is 6.37. The monoisotopic (exact) mass is 350 g/mol. The van der Waals surface area contributed by atoms with Gasteiger partial charge in [-0.3, -0.25) is 4.90 Å². The van der Waals surface area contributed by atoms with E-state index in [1.807, 2.05) is 31.3 Å². The molecule has 3 heterocycles. The van der Waals surface area contributed by atoms with Gasteiger partial charge in [0.25, 0.3) is 0 Å². The highest BCUT2D eigenvalue weighted by Gasteiger charge is 2.27. The lowest BCUT2D eigenvalue weighted by atomic mass is 10.2. The van der Waals surface area contributed by atoms with E-state index in [1.165, 1.54) is 0 Å². The molecule has 0 spiro atoms. The molecule has 1 saturated heterocycles. The van der Waals surface area contributed by atoms with Crippen LogP contribution in [0.5, 0.6) is 0 Å². The Hall–Kier alpha value is -1.40. The predicted octanol–water partition coefficient (Wildman–Crippen LogP) is 2.85. The molecule has 6 heteroatoms. The summed E-state index contributed by atoms with van der Waals surface area (Å²) in [6.45, 7) is 4.92. The first kappa shape index (κ1) is 14.5. The molecule has 21 heavy (non-hydrogen) atoms. The lowest BCUT2D eigenvalue weighted by molar-refractivity contribution is 0.291. The lowest BCUT2D eigenvalue weighted by Crippen LogP contribution is -2.35. The highest BCUT2D eigenvalue weighted by molar-refractivity contribution is 9.10. The molecule has 2 aromatic rings. The van der Waals surface area contributed by atoms with E-state index in [1.54, 1.807) is 0 Å². The minimum Gasteiger partial charge on any atom is -0.453 e. The number of likely N-dealkylation sites (N-methyl/N-ethyl adjacent to an activating group) is 1. The molecule has 5 nitrogen and oxygen atoms in total. The van der Waals surface area contributed by atoms with Crippen molar-refractivity contribution in [2.75, 3.05) is 25.0 Å². The molecule has 1 fully saturated rings. The van der Waals surface area contributed by atoms with Crippen LogP contribution in [0.15, 0.2) is 33.5 Å². The van der Waals surface area contributed by atoms with Crippen molar-refractivity contribution in [1.82, 2.24) is 14.9 Å². The Labute approximate surface area is 133 Å². The molecule has 0 N–H and O–H groups in total. The summed E-state index contributed by atoms with van der Waals surface area (Å²) in [5.74, 6) is 1.81. The van der Waals surface area contributed by atoms with Crippen LogP contribution in [0, 0.1) is 6.92 Å². The fourth-order valence-electron chi connectivity index (χ4n) is 2.70. The van der Waals surface area contributed by atoms with E-state index < -0.39 is 0 Å². The van der Waals surface area contributed by atoms with Crippen LogP contribution in [0.25, 0.3) is 0 Å². The largest absolute Gasteiger partial charge is 0.453 e. The van der Waals surface area contributed by atoms with Gasteiger partial charge in [-0.05, 0) is 47.5 Å². The van der Waals surface area contributed by atoms with Crippen LogP contribution in [0.3, 0.4) is 0 Å². The average molecular weight is 351 g/mol. The second kappa shape index (κ2) is 6.15. The van der Waals surface area contributed by atoms with Crippen molar-refractivity contribution in [2.24, 2.45) is 0 Å². The second-order valence-corrected chi connectivity index (χ2v) is 6.27. The van der Waals surface area contributed by atoms with Gasteiger partial charge in [-0.2, -0.15) is 0 Å². The van der Waals surface area contributed by atoms with Crippen molar-refractivity contribution in [3.63, 3.8) is 0 Å². The zero-order valence-electron chi connectivity index (χ0n) is 12.3. The van der Waals surface area contributed by atoms with E-state index in [2.05, 4.69) is 42.7 Å². The van der Waals surface area contributed by atoms with Crippen LogP contribution in [0.2, 0.25) is 0 Å². The highest BCUT2D eigenvalue weighted by atomic mass is 79.9. The molecular weight excluding hydrogens is 332 g/mol. The van der Waals surface area contributed by atoms with Crippen molar-refractivity contribution in [3.8, 4) is 0 Å². The number of halogens is 1. The van der Waals surface area contributed by atoms with Crippen LogP contribution >= 0.6 is 15.9 Å². The van der Waals surface area contributed by atoms with Gasteiger partial charge in [-0.15, -0.1) is 0 Å². The zero-order chi connectivity index (χ0) is 14.8. The summed E-state index contributed by atoms with van der Waals surface area (Å²) in [6, 6.07) is 6.33. The van der Waals surface area contributed by atoms with E-state index in [-0.39, 0.29) is 0 Å². The Balaban J connectivity index is 1.61. The molecule has 1 unspecified atom stereocenters. The first-order chi connectivity index (χ1) is 10.1. The van der Waals surface area contributed by atoms with Crippen molar-refractivity contribution in [2.45, 2.75) is 25.9 Å². The standard InChI is InChI=1S/C15H19BrN4O/c1-11-5-7-17-15(18-11)19(2)12-6-8-20(9-12)10-13-3-4-14(16)21-13/h3-5,7,12H,6,8-10H2,1-2H3. The fraction of sp³-hybridized carbons (Fsp3) is 0.467.